The fraction of sp³-hybridized carbons (Fsp3) is 0.500. The van der Waals surface area contributed by atoms with Gasteiger partial charge in [-0.25, -0.2) is 13.4 Å². The topological polar surface area (TPSA) is 111 Å². The van der Waals surface area contributed by atoms with Gasteiger partial charge in [0.1, 0.15) is 33.5 Å². The van der Waals surface area contributed by atoms with E-state index in [1.807, 2.05) is 6.07 Å². The third kappa shape index (κ3) is 6.14. The molecule has 0 saturated carbocycles. The molecule has 222 valence electrons. The summed E-state index contributed by atoms with van der Waals surface area (Å²) >= 11 is 1.34. The van der Waals surface area contributed by atoms with Crippen LogP contribution in [0.4, 0.5) is 5.13 Å². The molecule has 3 aromatic rings. The third-order valence-electron chi connectivity index (χ3n) is 7.51. The first kappa shape index (κ1) is 29.5. The summed E-state index contributed by atoms with van der Waals surface area (Å²) in [6.07, 6.45) is 1.73. The molecule has 2 fully saturated rings. The zero-order valence-electron chi connectivity index (χ0n) is 23.6. The van der Waals surface area contributed by atoms with Gasteiger partial charge in [-0.05, 0) is 55.7 Å². The molecule has 1 amide bonds. The molecule has 2 aliphatic heterocycles. The Morgan fingerprint density at radius 3 is 2.41 bits per heavy atom. The summed E-state index contributed by atoms with van der Waals surface area (Å²) in [6, 6.07) is 9.02. The first-order valence-electron chi connectivity index (χ1n) is 13.7. The van der Waals surface area contributed by atoms with Gasteiger partial charge in [-0.3, -0.25) is 14.6 Å². The van der Waals surface area contributed by atoms with Crippen molar-refractivity contribution in [3.63, 3.8) is 0 Å². The molecule has 2 saturated heterocycles. The van der Waals surface area contributed by atoms with Crippen LogP contribution in [-0.2, 0) is 19.6 Å². The normalized spacial score (nSPS) is 18.5. The molecule has 3 heterocycles. The summed E-state index contributed by atoms with van der Waals surface area (Å²) in [5.74, 6) is 1.49. The zero-order chi connectivity index (χ0) is 29.0. The Hall–Kier alpha value is -2.97. The molecule has 0 spiro atoms. The first-order chi connectivity index (χ1) is 19.9. The lowest BCUT2D eigenvalue weighted by Gasteiger charge is -2.30. The van der Waals surface area contributed by atoms with Gasteiger partial charge >= 0.3 is 0 Å². The molecule has 1 atom stereocenters. The minimum atomic E-state index is -3.91. The number of hydrogen-bond acceptors (Lipinski definition) is 10. The Morgan fingerprint density at radius 2 is 1.73 bits per heavy atom. The Kier molecular flexibility index (Phi) is 9.29. The van der Waals surface area contributed by atoms with E-state index in [0.29, 0.717) is 66.9 Å². The van der Waals surface area contributed by atoms with Crippen LogP contribution in [0.5, 0.6) is 17.2 Å². The fourth-order valence-corrected chi connectivity index (χ4v) is 8.06. The molecule has 0 aliphatic carbocycles. The maximum Gasteiger partial charge on any atom is 0.247 e. The van der Waals surface area contributed by atoms with Gasteiger partial charge in [0.2, 0.25) is 15.9 Å². The van der Waals surface area contributed by atoms with Gasteiger partial charge in [-0.2, -0.15) is 4.31 Å². The van der Waals surface area contributed by atoms with Crippen molar-refractivity contribution in [2.45, 2.75) is 30.2 Å². The molecule has 1 unspecified atom stereocenters. The Labute approximate surface area is 244 Å². The molecule has 2 aliphatic rings. The van der Waals surface area contributed by atoms with Crippen molar-refractivity contribution in [3.8, 4) is 17.2 Å². The maximum atomic E-state index is 14.3. The minimum absolute atomic E-state index is 0.131. The van der Waals surface area contributed by atoms with Gasteiger partial charge in [0.05, 0.1) is 39.4 Å². The highest BCUT2D eigenvalue weighted by atomic mass is 32.2. The van der Waals surface area contributed by atoms with Crippen LogP contribution >= 0.6 is 11.3 Å². The summed E-state index contributed by atoms with van der Waals surface area (Å²) in [7, 11) is 0.786. The fourth-order valence-electron chi connectivity index (χ4n) is 5.30. The van der Waals surface area contributed by atoms with E-state index in [1.54, 1.807) is 37.3 Å². The molecule has 1 aromatic heterocycles. The Morgan fingerprint density at radius 1 is 1.02 bits per heavy atom. The second-order valence-corrected chi connectivity index (χ2v) is 12.8. The minimum Gasteiger partial charge on any atom is -0.497 e. The smallest absolute Gasteiger partial charge is 0.247 e. The molecule has 0 N–H and O–H groups in total. The van der Waals surface area contributed by atoms with E-state index in [-0.39, 0.29) is 17.3 Å². The molecule has 13 heteroatoms. The van der Waals surface area contributed by atoms with Crippen LogP contribution < -0.4 is 19.1 Å². The summed E-state index contributed by atoms with van der Waals surface area (Å²) in [4.78, 5) is 23.2. The lowest BCUT2D eigenvalue weighted by Crippen LogP contribution is -2.48. The molecule has 0 bridgehead atoms. The van der Waals surface area contributed by atoms with Gasteiger partial charge in [-0.1, -0.05) is 11.3 Å². The number of anilines is 1. The number of fused-ring (bicyclic) bond motifs is 1. The van der Waals surface area contributed by atoms with E-state index in [2.05, 4.69) is 4.90 Å². The van der Waals surface area contributed by atoms with Crippen molar-refractivity contribution in [1.82, 2.24) is 14.2 Å². The van der Waals surface area contributed by atoms with E-state index < -0.39 is 16.1 Å². The number of amides is 1. The van der Waals surface area contributed by atoms with Crippen molar-refractivity contribution in [1.29, 1.82) is 0 Å². The van der Waals surface area contributed by atoms with Crippen LogP contribution in [-0.4, -0.2) is 102 Å². The van der Waals surface area contributed by atoms with E-state index >= 15 is 0 Å². The summed E-state index contributed by atoms with van der Waals surface area (Å²) < 4.78 is 51.2. The summed E-state index contributed by atoms with van der Waals surface area (Å²) in [5.41, 5.74) is 0.604. The predicted octanol–water partition coefficient (Wildman–Crippen LogP) is 3.23. The molecule has 41 heavy (non-hydrogen) atoms. The monoisotopic (exact) mass is 604 g/mol. The average Bonchev–Trinajstić information content (AvgIpc) is 3.68. The van der Waals surface area contributed by atoms with Crippen LogP contribution in [0.15, 0.2) is 41.3 Å². The number of benzene rings is 2. The van der Waals surface area contributed by atoms with Crippen molar-refractivity contribution >= 4 is 42.6 Å². The zero-order valence-corrected chi connectivity index (χ0v) is 25.2. The highest BCUT2D eigenvalue weighted by Crippen LogP contribution is 2.41. The average molecular weight is 605 g/mol. The van der Waals surface area contributed by atoms with Gasteiger partial charge in [0.25, 0.3) is 0 Å². The van der Waals surface area contributed by atoms with Gasteiger partial charge < -0.3 is 18.9 Å². The lowest BCUT2D eigenvalue weighted by molar-refractivity contribution is -0.121. The van der Waals surface area contributed by atoms with Crippen LogP contribution in [0.1, 0.15) is 19.3 Å². The van der Waals surface area contributed by atoms with Crippen LogP contribution in [0.2, 0.25) is 0 Å². The number of morpholine rings is 1. The number of hydrogen-bond donors (Lipinski definition) is 0. The predicted molar refractivity (Wildman–Crippen MR) is 157 cm³/mol. The molecule has 5 rings (SSSR count). The second kappa shape index (κ2) is 12.9. The van der Waals surface area contributed by atoms with Gasteiger partial charge in [-0.15, -0.1) is 0 Å². The van der Waals surface area contributed by atoms with Crippen LogP contribution in [0, 0.1) is 0 Å². The van der Waals surface area contributed by atoms with Crippen molar-refractivity contribution in [2.75, 3.05) is 72.2 Å². The number of ether oxygens (including phenoxy) is 4. The van der Waals surface area contributed by atoms with Gasteiger partial charge in [0.15, 0.2) is 5.13 Å². The number of methoxy groups -OCH3 is 3. The van der Waals surface area contributed by atoms with Crippen molar-refractivity contribution < 1.29 is 32.2 Å². The highest BCUT2D eigenvalue weighted by molar-refractivity contribution is 7.89. The number of carbonyl (C=O) groups is 1. The molecule has 2 aromatic carbocycles. The summed E-state index contributed by atoms with van der Waals surface area (Å²) in [5, 5.41) is 0.489. The third-order valence-corrected chi connectivity index (χ3v) is 10.5. The molecular formula is C28H36N4O7S2. The van der Waals surface area contributed by atoms with E-state index in [9.17, 15) is 13.2 Å². The van der Waals surface area contributed by atoms with Crippen molar-refractivity contribution in [3.05, 3.63) is 36.4 Å². The summed E-state index contributed by atoms with van der Waals surface area (Å²) in [6.45, 7) is 4.55. The van der Waals surface area contributed by atoms with E-state index in [1.165, 1.54) is 34.9 Å². The number of sulfonamides is 1. The van der Waals surface area contributed by atoms with Crippen LogP contribution in [0.3, 0.4) is 0 Å². The molecule has 0 radical (unpaired) electrons. The largest absolute Gasteiger partial charge is 0.497 e. The SMILES string of the molecule is COc1ccc(S(=O)(=O)N2CCCC2C(=O)N(CCCN2CCOCC2)c2nc3c(OC)ccc(OC)c3s2)cc1. The maximum absolute atomic E-state index is 14.3. The van der Waals surface area contributed by atoms with Gasteiger partial charge in [0, 0.05) is 32.7 Å². The Bertz CT molecular complexity index is 1420. The molecular weight excluding hydrogens is 568 g/mol. The van der Waals surface area contributed by atoms with Crippen LogP contribution in [0.25, 0.3) is 10.2 Å². The Balaban J connectivity index is 1.46. The van der Waals surface area contributed by atoms with E-state index in [0.717, 1.165) is 24.3 Å². The lowest BCUT2D eigenvalue weighted by atomic mass is 10.2. The quantitative estimate of drug-likeness (QED) is 0.326. The first-order valence-corrected chi connectivity index (χ1v) is 15.9. The molecule has 11 nitrogen and oxygen atoms in total. The standard InChI is InChI=1S/C28H36N4O7S2/c1-36-20-7-9-21(10-8-20)41(34,35)32-15-4-6-22(32)27(33)31(14-5-13-30-16-18-39-19-17-30)28-29-25-23(37-2)11-12-24(38-3)26(25)40-28/h7-12,22H,4-6,13-19H2,1-3H3. The number of carbonyl (C=O) groups excluding carboxylic acids is 1. The number of aromatic nitrogens is 1. The van der Waals surface area contributed by atoms with E-state index in [4.69, 9.17) is 23.9 Å². The van der Waals surface area contributed by atoms with Crippen molar-refractivity contribution in [2.24, 2.45) is 0 Å². The second-order valence-electron chi connectivity index (χ2n) is 9.89. The number of rotatable bonds is 11. The highest BCUT2D eigenvalue weighted by Gasteiger charge is 2.42. The number of thiazole rings is 1. The number of nitrogens with zero attached hydrogens (tertiary/aromatic N) is 4.